The summed E-state index contributed by atoms with van der Waals surface area (Å²) in [6.07, 6.45) is 7.38. The molecule has 0 saturated carbocycles. The maximum Gasteiger partial charge on any atom is 0.342 e. The number of allylic oxidation sites excluding steroid dienone is 4. The highest BCUT2D eigenvalue weighted by atomic mass is 19.3. The Balaban J connectivity index is 1.70. The van der Waals surface area contributed by atoms with Gasteiger partial charge in [0.05, 0.1) is 19.1 Å². The number of carbonyl (C=O) groups excluding carboxylic acids is 2. The van der Waals surface area contributed by atoms with Crippen molar-refractivity contribution in [2.75, 3.05) is 13.7 Å². The predicted octanol–water partition coefficient (Wildman–Crippen LogP) is 6.46. The maximum absolute atomic E-state index is 14.4. The number of hydrogen-bond acceptors (Lipinski definition) is 6. The summed E-state index contributed by atoms with van der Waals surface area (Å²) in [6, 6.07) is 6.55. The molecule has 1 aromatic rings. The molecule has 0 aromatic heterocycles. The second kappa shape index (κ2) is 13.3. The highest BCUT2D eigenvalue weighted by Crippen LogP contribution is 2.47. The first kappa shape index (κ1) is 29.8. The second-order valence-corrected chi connectivity index (χ2v) is 8.95. The molecule has 0 bridgehead atoms. The zero-order valence-electron chi connectivity index (χ0n) is 21.7. The van der Waals surface area contributed by atoms with Crippen molar-refractivity contribution in [3.8, 4) is 0 Å². The molecule has 2 aliphatic rings. The van der Waals surface area contributed by atoms with Gasteiger partial charge in [-0.25, -0.2) is 0 Å². The second-order valence-electron chi connectivity index (χ2n) is 8.95. The number of rotatable bonds is 13. The van der Waals surface area contributed by atoms with E-state index in [2.05, 4.69) is 17.0 Å². The number of amides is 1. The summed E-state index contributed by atoms with van der Waals surface area (Å²) < 4.78 is 77.5. The van der Waals surface area contributed by atoms with Gasteiger partial charge in [0, 0.05) is 12.1 Å². The molecule has 0 spiro atoms. The van der Waals surface area contributed by atoms with Crippen LogP contribution in [0.3, 0.4) is 0 Å². The van der Waals surface area contributed by atoms with E-state index in [1.165, 1.54) is 7.11 Å². The van der Waals surface area contributed by atoms with Gasteiger partial charge in [-0.15, -0.1) is 0 Å². The van der Waals surface area contributed by atoms with Gasteiger partial charge >= 0.3 is 23.8 Å². The molecule has 3 rings (SSSR count). The molecule has 11 heteroatoms. The van der Waals surface area contributed by atoms with Crippen LogP contribution in [0, 0.1) is 0 Å². The molecule has 1 heterocycles. The minimum atomic E-state index is -4.51. The van der Waals surface area contributed by atoms with Gasteiger partial charge in [0.1, 0.15) is 12.4 Å². The Morgan fingerprint density at radius 3 is 2.49 bits per heavy atom. The molecule has 1 aliphatic carbocycles. The van der Waals surface area contributed by atoms with Gasteiger partial charge in [-0.05, 0) is 42.7 Å². The van der Waals surface area contributed by atoms with Gasteiger partial charge < -0.3 is 24.3 Å². The molecule has 1 N–H and O–H groups in total. The van der Waals surface area contributed by atoms with Crippen LogP contribution in [0.2, 0.25) is 0 Å². The van der Waals surface area contributed by atoms with Crippen LogP contribution in [-0.4, -0.2) is 37.4 Å². The number of hydrogen-bond donors (Lipinski definition) is 1. The highest BCUT2D eigenvalue weighted by Gasteiger charge is 2.59. The van der Waals surface area contributed by atoms with E-state index in [-0.39, 0.29) is 30.9 Å². The maximum atomic E-state index is 14.4. The van der Waals surface area contributed by atoms with Crippen molar-refractivity contribution in [2.24, 2.45) is 0 Å². The van der Waals surface area contributed by atoms with Gasteiger partial charge in [0.2, 0.25) is 0 Å². The van der Waals surface area contributed by atoms with Crippen molar-refractivity contribution in [1.29, 1.82) is 0 Å². The first-order chi connectivity index (χ1) is 18.6. The van der Waals surface area contributed by atoms with Crippen molar-refractivity contribution in [3.63, 3.8) is 0 Å². The zero-order valence-corrected chi connectivity index (χ0v) is 21.7. The Bertz CT molecular complexity index is 1140. The molecule has 0 fully saturated rings. The lowest BCUT2D eigenvalue weighted by Gasteiger charge is -2.30. The van der Waals surface area contributed by atoms with E-state index in [0.717, 1.165) is 50.4 Å². The van der Waals surface area contributed by atoms with Gasteiger partial charge in [-0.2, -0.15) is 17.6 Å². The topological polar surface area (TPSA) is 83.1 Å². The summed E-state index contributed by atoms with van der Waals surface area (Å²) in [7, 11) is 1.26. The largest absolute Gasteiger partial charge is 0.469 e. The van der Waals surface area contributed by atoms with Crippen LogP contribution in [0.25, 0.3) is 0 Å². The van der Waals surface area contributed by atoms with Crippen molar-refractivity contribution < 1.29 is 46.1 Å². The standard InChI is InChI=1S/C28H31F4NO6/c1-3-4-5-6-9-22(19-10-12-20(13-11-19)26(35)33-16-14-24(34)36-2)38-25-18-37-17-23(39-25)21-8-7-15-27(29,30)28(21,31)32/h7-8,10-13,15,17-18,22H,3-6,9,14,16H2,1-2H3,(H,33,35). The minimum absolute atomic E-state index is 0.0401. The predicted molar refractivity (Wildman–Crippen MR) is 133 cm³/mol. The summed E-state index contributed by atoms with van der Waals surface area (Å²) in [4.78, 5) is 23.6. The highest BCUT2D eigenvalue weighted by molar-refractivity contribution is 5.94. The molecule has 7 nitrogen and oxygen atoms in total. The van der Waals surface area contributed by atoms with Gasteiger partial charge in [0.25, 0.3) is 5.91 Å². The van der Waals surface area contributed by atoms with Crippen LogP contribution in [0.5, 0.6) is 0 Å². The number of nitrogens with one attached hydrogen (secondary N) is 1. The lowest BCUT2D eigenvalue weighted by molar-refractivity contribution is -0.157. The Morgan fingerprint density at radius 2 is 1.79 bits per heavy atom. The average molecular weight is 554 g/mol. The molecule has 0 saturated heterocycles. The number of alkyl halides is 4. The van der Waals surface area contributed by atoms with Crippen molar-refractivity contribution in [3.05, 3.63) is 83.4 Å². The summed E-state index contributed by atoms with van der Waals surface area (Å²) in [5.41, 5.74) is -0.00312. The fourth-order valence-corrected chi connectivity index (χ4v) is 3.89. The molecule has 1 atom stereocenters. The Kier molecular flexibility index (Phi) is 10.2. The Hall–Kier alpha value is -3.76. The van der Waals surface area contributed by atoms with E-state index in [9.17, 15) is 27.2 Å². The van der Waals surface area contributed by atoms with Crippen LogP contribution < -0.4 is 5.32 Å². The van der Waals surface area contributed by atoms with Crippen LogP contribution >= 0.6 is 0 Å². The van der Waals surface area contributed by atoms with Gasteiger partial charge in [0.15, 0.2) is 12.0 Å². The fraction of sp³-hybridized carbons (Fsp3) is 0.429. The molecule has 1 aliphatic heterocycles. The smallest absolute Gasteiger partial charge is 0.342 e. The van der Waals surface area contributed by atoms with E-state index in [4.69, 9.17) is 14.2 Å². The molecular formula is C28H31F4NO6. The molecule has 1 aromatic carbocycles. The van der Waals surface area contributed by atoms with E-state index >= 15 is 0 Å². The Labute approximate surface area is 224 Å². The number of methoxy groups -OCH3 is 1. The molecule has 0 radical (unpaired) electrons. The third-order valence-corrected chi connectivity index (χ3v) is 6.11. The lowest BCUT2D eigenvalue weighted by atomic mass is 9.95. The molecule has 1 amide bonds. The van der Waals surface area contributed by atoms with Crippen molar-refractivity contribution >= 4 is 11.9 Å². The lowest BCUT2D eigenvalue weighted by Crippen LogP contribution is -2.42. The van der Waals surface area contributed by atoms with E-state index in [0.29, 0.717) is 17.5 Å². The third kappa shape index (κ3) is 7.64. The van der Waals surface area contributed by atoms with Crippen LogP contribution in [-0.2, 0) is 23.7 Å². The first-order valence-electron chi connectivity index (χ1n) is 12.6. The van der Waals surface area contributed by atoms with Crippen molar-refractivity contribution in [1.82, 2.24) is 5.32 Å². The SMILES string of the molecule is CCCCCCC(OC1=COC=C(C2=CC=CC(F)(F)C2(F)F)O1)c1ccc(C(=O)NCCC(=O)OC)cc1. The van der Waals surface area contributed by atoms with Crippen molar-refractivity contribution in [2.45, 2.75) is 63.4 Å². The summed E-state index contributed by atoms with van der Waals surface area (Å²) >= 11 is 0. The number of ether oxygens (including phenoxy) is 4. The summed E-state index contributed by atoms with van der Waals surface area (Å²) in [6.45, 7) is 2.19. The zero-order chi connectivity index (χ0) is 28.5. The quantitative estimate of drug-likeness (QED) is 0.172. The van der Waals surface area contributed by atoms with Gasteiger partial charge in [-0.3, -0.25) is 9.59 Å². The number of esters is 1. The molecule has 1 unspecified atom stereocenters. The Morgan fingerprint density at radius 1 is 1.05 bits per heavy atom. The van der Waals surface area contributed by atoms with Crippen LogP contribution in [0.4, 0.5) is 17.6 Å². The number of carbonyl (C=O) groups is 2. The number of halogens is 4. The monoisotopic (exact) mass is 553 g/mol. The van der Waals surface area contributed by atoms with Crippen LogP contribution in [0.15, 0.2) is 72.3 Å². The molecule has 39 heavy (non-hydrogen) atoms. The van der Waals surface area contributed by atoms with Gasteiger partial charge in [-0.1, -0.05) is 44.4 Å². The van der Waals surface area contributed by atoms with Crippen LogP contribution in [0.1, 0.15) is 67.5 Å². The molecular weight excluding hydrogens is 522 g/mol. The number of benzene rings is 1. The van der Waals surface area contributed by atoms with E-state index in [1.54, 1.807) is 24.3 Å². The summed E-state index contributed by atoms with van der Waals surface area (Å²) in [5.74, 6) is -10.6. The average Bonchev–Trinajstić information content (AvgIpc) is 2.92. The molecule has 212 valence electrons. The van der Waals surface area contributed by atoms with E-state index < -0.39 is 35.3 Å². The van der Waals surface area contributed by atoms with E-state index in [1.807, 2.05) is 0 Å². The normalized spacial score (nSPS) is 17.9. The summed E-state index contributed by atoms with van der Waals surface area (Å²) in [5, 5.41) is 2.63. The first-order valence-corrected chi connectivity index (χ1v) is 12.6. The number of unbranched alkanes of at least 4 members (excludes halogenated alkanes) is 3. The fourth-order valence-electron chi connectivity index (χ4n) is 3.89. The minimum Gasteiger partial charge on any atom is -0.469 e. The third-order valence-electron chi connectivity index (χ3n) is 6.11.